The molecule has 0 fully saturated rings. The van der Waals surface area contributed by atoms with E-state index in [-0.39, 0.29) is 0 Å². The Morgan fingerprint density at radius 2 is 1.19 bits per heavy atom. The second-order valence-electron chi connectivity index (χ2n) is 4.22. The Kier molecular flexibility index (Phi) is 6.78. The zero-order valence-corrected chi connectivity index (χ0v) is 11.8. The second-order valence-corrected chi connectivity index (χ2v) is 4.22. The Balaban J connectivity index is 1.52. The maximum Gasteiger partial charge on any atom is 0.0656 e. The van der Waals surface area contributed by atoms with Gasteiger partial charge in [0, 0.05) is 50.1 Å². The first kappa shape index (κ1) is 15.0. The van der Waals surface area contributed by atoms with Crippen LogP contribution in [0.25, 0.3) is 0 Å². The smallest absolute Gasteiger partial charge is 0.0656 e. The molecule has 0 aromatic carbocycles. The summed E-state index contributed by atoms with van der Waals surface area (Å²) in [6.07, 6.45) is 12.2. The minimum absolute atomic E-state index is 0.664. The molecule has 0 spiro atoms. The first-order valence-corrected chi connectivity index (χ1v) is 6.88. The van der Waals surface area contributed by atoms with Crippen LogP contribution in [-0.4, -0.2) is 35.6 Å². The Hall–Kier alpha value is -2.40. The van der Waals surface area contributed by atoms with Crippen LogP contribution in [0.2, 0.25) is 0 Å². The van der Waals surface area contributed by atoms with E-state index in [2.05, 4.69) is 20.0 Å². The molecule has 0 atom stereocenters. The van der Waals surface area contributed by atoms with Crippen LogP contribution in [0.15, 0.2) is 59.0 Å². The second kappa shape index (κ2) is 9.50. The Labute approximate surface area is 124 Å². The summed E-state index contributed by atoms with van der Waals surface area (Å²) in [5.74, 6) is 0. The maximum absolute atomic E-state index is 5.50. The van der Waals surface area contributed by atoms with Crippen molar-refractivity contribution < 1.29 is 4.74 Å². The predicted octanol–water partition coefficient (Wildman–Crippen LogP) is 3.38. The highest BCUT2D eigenvalue weighted by atomic mass is 16.5. The first-order valence-electron chi connectivity index (χ1n) is 6.88. The van der Waals surface area contributed by atoms with E-state index in [1.165, 1.54) is 0 Å². The van der Waals surface area contributed by atoms with Crippen molar-refractivity contribution in [3.8, 4) is 0 Å². The van der Waals surface area contributed by atoms with Crippen LogP contribution in [0.3, 0.4) is 0 Å². The van der Waals surface area contributed by atoms with Crippen molar-refractivity contribution in [1.82, 2.24) is 9.97 Å². The highest BCUT2D eigenvalue weighted by molar-refractivity contribution is 5.63. The lowest BCUT2D eigenvalue weighted by molar-refractivity contribution is 0.149. The lowest BCUT2D eigenvalue weighted by Gasteiger charge is -1.98. The third kappa shape index (κ3) is 6.54. The van der Waals surface area contributed by atoms with Gasteiger partial charge in [-0.3, -0.25) is 20.0 Å². The lowest BCUT2D eigenvalue weighted by atomic mass is 10.4. The summed E-state index contributed by atoms with van der Waals surface area (Å²) < 4.78 is 5.50. The van der Waals surface area contributed by atoms with Gasteiger partial charge in [-0.2, -0.15) is 0 Å². The van der Waals surface area contributed by atoms with Crippen molar-refractivity contribution in [3.05, 3.63) is 49.1 Å². The Morgan fingerprint density at radius 3 is 1.62 bits per heavy atom. The highest BCUT2D eigenvalue weighted by Crippen LogP contribution is 2.07. The van der Waals surface area contributed by atoms with Gasteiger partial charge in [-0.1, -0.05) is 0 Å². The van der Waals surface area contributed by atoms with Crippen molar-refractivity contribution >= 4 is 23.8 Å². The maximum atomic E-state index is 5.50. The van der Waals surface area contributed by atoms with Gasteiger partial charge < -0.3 is 4.74 Å². The molecule has 108 valence electrons. The summed E-state index contributed by atoms with van der Waals surface area (Å²) in [5.41, 5.74) is 1.82. The SMILES string of the molecule is C(CCOCCC=Nc1ccncc1)=Nc1ccncc1. The van der Waals surface area contributed by atoms with Gasteiger partial charge in [-0.05, 0) is 24.3 Å². The van der Waals surface area contributed by atoms with Crippen LogP contribution < -0.4 is 0 Å². The van der Waals surface area contributed by atoms with Gasteiger partial charge in [0.25, 0.3) is 0 Å². The van der Waals surface area contributed by atoms with Gasteiger partial charge in [0.2, 0.25) is 0 Å². The summed E-state index contributed by atoms with van der Waals surface area (Å²) >= 11 is 0. The summed E-state index contributed by atoms with van der Waals surface area (Å²) in [6, 6.07) is 7.47. The number of hydrogen-bond donors (Lipinski definition) is 0. The van der Waals surface area contributed by atoms with Crippen LogP contribution in [0.4, 0.5) is 11.4 Å². The van der Waals surface area contributed by atoms with Crippen molar-refractivity contribution in [2.75, 3.05) is 13.2 Å². The van der Waals surface area contributed by atoms with Crippen LogP contribution in [0.5, 0.6) is 0 Å². The van der Waals surface area contributed by atoms with Crippen molar-refractivity contribution in [1.29, 1.82) is 0 Å². The van der Waals surface area contributed by atoms with E-state index in [0.29, 0.717) is 13.2 Å². The molecule has 5 heteroatoms. The fraction of sp³-hybridized carbons (Fsp3) is 0.250. The van der Waals surface area contributed by atoms with E-state index in [1.807, 2.05) is 36.7 Å². The molecule has 0 aliphatic rings. The van der Waals surface area contributed by atoms with Crippen molar-refractivity contribution in [3.63, 3.8) is 0 Å². The standard InChI is InChI=1S/C16H18N4O/c1(7-19-15-3-9-17-10-4-15)13-21-14-2-8-20-16-5-11-18-12-6-16/h3-12H,1-2,13-14H2. The van der Waals surface area contributed by atoms with E-state index in [1.54, 1.807) is 24.8 Å². The molecule has 0 aliphatic carbocycles. The fourth-order valence-electron chi connectivity index (χ4n) is 1.57. The number of hydrogen-bond acceptors (Lipinski definition) is 5. The predicted molar refractivity (Wildman–Crippen MR) is 84.8 cm³/mol. The molecule has 0 radical (unpaired) electrons. The Morgan fingerprint density at radius 1 is 0.762 bits per heavy atom. The zero-order chi connectivity index (χ0) is 14.6. The molecule has 0 N–H and O–H groups in total. The van der Waals surface area contributed by atoms with Crippen LogP contribution >= 0.6 is 0 Å². The summed E-state index contributed by atoms with van der Waals surface area (Å²) in [6.45, 7) is 1.33. The van der Waals surface area contributed by atoms with Crippen LogP contribution in [0, 0.1) is 0 Å². The molecule has 5 nitrogen and oxygen atoms in total. The van der Waals surface area contributed by atoms with Gasteiger partial charge in [0.15, 0.2) is 0 Å². The molecular weight excluding hydrogens is 264 g/mol. The topological polar surface area (TPSA) is 59.7 Å². The largest absolute Gasteiger partial charge is 0.381 e. The van der Waals surface area contributed by atoms with Gasteiger partial charge in [-0.25, -0.2) is 0 Å². The molecule has 0 saturated heterocycles. The van der Waals surface area contributed by atoms with E-state index < -0.39 is 0 Å². The van der Waals surface area contributed by atoms with Gasteiger partial charge in [0.05, 0.1) is 24.6 Å². The third-order valence-corrected chi connectivity index (χ3v) is 2.59. The van der Waals surface area contributed by atoms with Crippen LogP contribution in [0.1, 0.15) is 12.8 Å². The molecular formula is C16H18N4O. The molecule has 0 amide bonds. The summed E-state index contributed by atoms with van der Waals surface area (Å²) in [5, 5.41) is 0. The molecule has 2 heterocycles. The molecule has 0 saturated carbocycles. The number of rotatable bonds is 8. The minimum atomic E-state index is 0.664. The Bertz CT molecular complexity index is 504. The highest BCUT2D eigenvalue weighted by Gasteiger charge is 1.88. The van der Waals surface area contributed by atoms with Gasteiger partial charge in [-0.15, -0.1) is 0 Å². The van der Waals surface area contributed by atoms with Gasteiger partial charge >= 0.3 is 0 Å². The van der Waals surface area contributed by atoms with E-state index in [9.17, 15) is 0 Å². The normalized spacial score (nSPS) is 11.4. The minimum Gasteiger partial charge on any atom is -0.381 e. The van der Waals surface area contributed by atoms with Crippen molar-refractivity contribution in [2.24, 2.45) is 9.98 Å². The van der Waals surface area contributed by atoms with Gasteiger partial charge in [0.1, 0.15) is 0 Å². The average Bonchev–Trinajstić information content (AvgIpc) is 2.55. The summed E-state index contributed by atoms with van der Waals surface area (Å²) in [7, 11) is 0. The molecule has 2 aromatic heterocycles. The quantitative estimate of drug-likeness (QED) is 0.551. The van der Waals surface area contributed by atoms with E-state index >= 15 is 0 Å². The number of nitrogens with zero attached hydrogens (tertiary/aromatic N) is 4. The van der Waals surface area contributed by atoms with E-state index in [0.717, 1.165) is 24.2 Å². The molecule has 0 aliphatic heterocycles. The zero-order valence-electron chi connectivity index (χ0n) is 11.8. The van der Waals surface area contributed by atoms with Crippen molar-refractivity contribution in [2.45, 2.75) is 12.8 Å². The van der Waals surface area contributed by atoms with Crippen LogP contribution in [-0.2, 0) is 4.74 Å². The lowest BCUT2D eigenvalue weighted by Crippen LogP contribution is -1.97. The molecule has 0 bridgehead atoms. The third-order valence-electron chi connectivity index (χ3n) is 2.59. The van der Waals surface area contributed by atoms with E-state index in [4.69, 9.17) is 4.74 Å². The molecule has 0 unspecified atom stereocenters. The fourth-order valence-corrected chi connectivity index (χ4v) is 1.57. The monoisotopic (exact) mass is 282 g/mol. The first-order chi connectivity index (χ1) is 10.4. The molecule has 2 rings (SSSR count). The average molecular weight is 282 g/mol. The number of aliphatic imine (C=N–C) groups is 2. The molecule has 2 aromatic rings. The molecule has 21 heavy (non-hydrogen) atoms. The number of ether oxygens (including phenoxy) is 1. The number of pyridine rings is 2. The summed E-state index contributed by atoms with van der Waals surface area (Å²) in [4.78, 5) is 16.5. The number of aromatic nitrogens is 2.